The molecular formula is C11H15BrN2O. The lowest BCUT2D eigenvalue weighted by atomic mass is 10.2. The van der Waals surface area contributed by atoms with Gasteiger partial charge in [-0.25, -0.2) is 4.98 Å². The van der Waals surface area contributed by atoms with E-state index in [4.69, 9.17) is 0 Å². The molecule has 0 bridgehead atoms. The monoisotopic (exact) mass is 270 g/mol. The fraction of sp³-hybridized carbons (Fsp3) is 0.636. The Labute approximate surface area is 97.4 Å². The zero-order valence-electron chi connectivity index (χ0n) is 8.85. The van der Waals surface area contributed by atoms with Gasteiger partial charge in [0.2, 0.25) is 0 Å². The summed E-state index contributed by atoms with van der Waals surface area (Å²) in [4.78, 5) is 18.9. The number of halogens is 1. The Hall–Kier alpha value is -0.640. The van der Waals surface area contributed by atoms with Crippen molar-refractivity contribution in [2.24, 2.45) is 5.92 Å². The number of aromatic nitrogens is 2. The SMILES string of the molecule is CCCc1nc(CC2CC2)[nH]c(=O)c1Br. The lowest BCUT2D eigenvalue weighted by Crippen LogP contribution is -2.16. The summed E-state index contributed by atoms with van der Waals surface area (Å²) in [7, 11) is 0. The lowest BCUT2D eigenvalue weighted by Gasteiger charge is -2.04. The van der Waals surface area contributed by atoms with Gasteiger partial charge in [-0.05, 0) is 41.1 Å². The number of hydrogen-bond acceptors (Lipinski definition) is 2. The van der Waals surface area contributed by atoms with Gasteiger partial charge in [-0.3, -0.25) is 4.79 Å². The number of nitrogens with zero attached hydrogens (tertiary/aromatic N) is 1. The molecule has 1 aromatic rings. The molecule has 3 nitrogen and oxygen atoms in total. The molecule has 1 aliphatic rings. The molecule has 0 spiro atoms. The largest absolute Gasteiger partial charge is 0.310 e. The zero-order valence-corrected chi connectivity index (χ0v) is 10.4. The highest BCUT2D eigenvalue weighted by atomic mass is 79.9. The smallest absolute Gasteiger partial charge is 0.265 e. The maximum absolute atomic E-state index is 11.6. The second-order valence-corrected chi connectivity index (χ2v) is 4.96. The van der Waals surface area contributed by atoms with Gasteiger partial charge in [-0.1, -0.05) is 13.3 Å². The Morgan fingerprint density at radius 2 is 2.27 bits per heavy atom. The van der Waals surface area contributed by atoms with Crippen molar-refractivity contribution in [3.8, 4) is 0 Å². The van der Waals surface area contributed by atoms with Gasteiger partial charge < -0.3 is 4.98 Å². The Balaban J connectivity index is 2.27. The van der Waals surface area contributed by atoms with Gasteiger partial charge in [0, 0.05) is 6.42 Å². The summed E-state index contributed by atoms with van der Waals surface area (Å²) in [6.45, 7) is 2.09. The van der Waals surface area contributed by atoms with Crippen LogP contribution in [0.2, 0.25) is 0 Å². The quantitative estimate of drug-likeness (QED) is 0.914. The van der Waals surface area contributed by atoms with E-state index in [0.717, 1.165) is 36.7 Å². The average Bonchev–Trinajstić information content (AvgIpc) is 2.98. The molecule has 0 saturated heterocycles. The van der Waals surface area contributed by atoms with Gasteiger partial charge in [0.15, 0.2) is 0 Å². The Bertz CT molecular complexity index is 410. The molecule has 1 heterocycles. The van der Waals surface area contributed by atoms with Crippen LogP contribution in [-0.2, 0) is 12.8 Å². The maximum atomic E-state index is 11.6. The van der Waals surface area contributed by atoms with Crippen LogP contribution in [0.15, 0.2) is 9.27 Å². The van der Waals surface area contributed by atoms with Crippen LogP contribution >= 0.6 is 15.9 Å². The third kappa shape index (κ3) is 2.68. The van der Waals surface area contributed by atoms with Crippen LogP contribution in [0.3, 0.4) is 0 Å². The van der Waals surface area contributed by atoms with Crippen molar-refractivity contribution >= 4 is 15.9 Å². The minimum atomic E-state index is -0.0379. The van der Waals surface area contributed by atoms with Gasteiger partial charge in [0.25, 0.3) is 5.56 Å². The Morgan fingerprint density at radius 1 is 1.53 bits per heavy atom. The van der Waals surface area contributed by atoms with Gasteiger partial charge in [-0.15, -0.1) is 0 Å². The van der Waals surface area contributed by atoms with Crippen molar-refractivity contribution in [1.29, 1.82) is 0 Å². The fourth-order valence-corrected chi connectivity index (χ4v) is 2.04. The molecule has 4 heteroatoms. The van der Waals surface area contributed by atoms with E-state index >= 15 is 0 Å². The highest BCUT2D eigenvalue weighted by Gasteiger charge is 2.23. The molecule has 1 aromatic heterocycles. The van der Waals surface area contributed by atoms with E-state index in [1.165, 1.54) is 12.8 Å². The molecule has 0 aromatic carbocycles. The Kier molecular flexibility index (Phi) is 3.24. The molecule has 1 saturated carbocycles. The summed E-state index contributed by atoms with van der Waals surface area (Å²) >= 11 is 3.29. The van der Waals surface area contributed by atoms with Crippen molar-refractivity contribution in [3.63, 3.8) is 0 Å². The first kappa shape index (κ1) is 10.9. The van der Waals surface area contributed by atoms with Crippen molar-refractivity contribution in [2.45, 2.75) is 39.0 Å². The van der Waals surface area contributed by atoms with Crippen LogP contribution in [0.25, 0.3) is 0 Å². The van der Waals surface area contributed by atoms with E-state index in [1.54, 1.807) is 0 Å². The van der Waals surface area contributed by atoms with Crippen molar-refractivity contribution in [3.05, 3.63) is 26.3 Å². The zero-order chi connectivity index (χ0) is 10.8. The second-order valence-electron chi connectivity index (χ2n) is 4.17. The number of hydrogen-bond donors (Lipinski definition) is 1. The van der Waals surface area contributed by atoms with Crippen LogP contribution in [0.1, 0.15) is 37.7 Å². The van der Waals surface area contributed by atoms with Crippen molar-refractivity contribution in [2.75, 3.05) is 0 Å². The van der Waals surface area contributed by atoms with Crippen molar-refractivity contribution < 1.29 is 0 Å². The summed E-state index contributed by atoms with van der Waals surface area (Å²) in [6.07, 6.45) is 5.37. The second kappa shape index (κ2) is 4.47. The van der Waals surface area contributed by atoms with E-state index in [0.29, 0.717) is 4.47 Å². The van der Waals surface area contributed by atoms with Gasteiger partial charge in [0.05, 0.1) is 5.69 Å². The number of rotatable bonds is 4. The topological polar surface area (TPSA) is 45.8 Å². The minimum absolute atomic E-state index is 0.0379. The van der Waals surface area contributed by atoms with Gasteiger partial charge in [0.1, 0.15) is 10.3 Å². The van der Waals surface area contributed by atoms with E-state index in [2.05, 4.69) is 32.8 Å². The summed E-state index contributed by atoms with van der Waals surface area (Å²) in [5.41, 5.74) is 0.862. The molecule has 1 aliphatic carbocycles. The molecule has 0 unspecified atom stereocenters. The third-order valence-electron chi connectivity index (χ3n) is 2.65. The summed E-state index contributed by atoms with van der Waals surface area (Å²) in [6, 6.07) is 0. The van der Waals surface area contributed by atoms with Gasteiger partial charge in [-0.2, -0.15) is 0 Å². The molecule has 0 atom stereocenters. The summed E-state index contributed by atoms with van der Waals surface area (Å²) in [5, 5.41) is 0. The predicted molar refractivity (Wildman–Crippen MR) is 63.0 cm³/mol. The molecule has 0 amide bonds. The van der Waals surface area contributed by atoms with Crippen LogP contribution in [0, 0.1) is 5.92 Å². The predicted octanol–water partition coefficient (Wildman–Crippen LogP) is 2.44. The minimum Gasteiger partial charge on any atom is -0.310 e. The first-order chi connectivity index (χ1) is 7.20. The van der Waals surface area contributed by atoms with Crippen LogP contribution in [0.5, 0.6) is 0 Å². The first-order valence-corrected chi connectivity index (χ1v) is 6.27. The van der Waals surface area contributed by atoms with E-state index in [-0.39, 0.29) is 5.56 Å². The molecule has 0 radical (unpaired) electrons. The highest BCUT2D eigenvalue weighted by molar-refractivity contribution is 9.10. The normalized spacial score (nSPS) is 15.6. The third-order valence-corrected chi connectivity index (χ3v) is 3.46. The molecular weight excluding hydrogens is 256 g/mol. The number of H-pyrrole nitrogens is 1. The first-order valence-electron chi connectivity index (χ1n) is 5.48. The van der Waals surface area contributed by atoms with E-state index < -0.39 is 0 Å². The number of aromatic amines is 1. The Morgan fingerprint density at radius 3 is 2.87 bits per heavy atom. The highest BCUT2D eigenvalue weighted by Crippen LogP contribution is 2.31. The summed E-state index contributed by atoms with van der Waals surface area (Å²) in [5.74, 6) is 1.61. The summed E-state index contributed by atoms with van der Waals surface area (Å²) < 4.78 is 0.601. The van der Waals surface area contributed by atoms with Crippen molar-refractivity contribution in [1.82, 2.24) is 9.97 Å². The molecule has 2 rings (SSSR count). The van der Waals surface area contributed by atoms with Gasteiger partial charge >= 0.3 is 0 Å². The number of nitrogens with one attached hydrogen (secondary N) is 1. The lowest BCUT2D eigenvalue weighted by molar-refractivity contribution is 0.738. The maximum Gasteiger partial charge on any atom is 0.265 e. The van der Waals surface area contributed by atoms with Crippen LogP contribution < -0.4 is 5.56 Å². The molecule has 1 N–H and O–H groups in total. The fourth-order valence-electron chi connectivity index (χ4n) is 1.65. The molecule has 0 aliphatic heterocycles. The number of aryl methyl sites for hydroxylation is 1. The standard InChI is InChI=1S/C11H15BrN2O/c1-2-3-8-10(12)11(15)14-9(13-8)6-7-4-5-7/h7H,2-6H2,1H3,(H,13,14,15). The van der Waals surface area contributed by atoms with Crippen LogP contribution in [0.4, 0.5) is 0 Å². The van der Waals surface area contributed by atoms with Crippen LogP contribution in [-0.4, -0.2) is 9.97 Å². The van der Waals surface area contributed by atoms with E-state index in [1.807, 2.05) is 0 Å². The molecule has 82 valence electrons. The van der Waals surface area contributed by atoms with E-state index in [9.17, 15) is 4.79 Å². The molecule has 15 heavy (non-hydrogen) atoms. The molecule has 1 fully saturated rings. The average molecular weight is 271 g/mol.